The third kappa shape index (κ3) is 6.50. The summed E-state index contributed by atoms with van der Waals surface area (Å²) in [6.45, 7) is 2.76. The van der Waals surface area contributed by atoms with Gasteiger partial charge in [0, 0.05) is 17.8 Å². The molecule has 2 aromatic rings. The van der Waals surface area contributed by atoms with Crippen molar-refractivity contribution in [2.75, 3.05) is 17.8 Å². The van der Waals surface area contributed by atoms with Gasteiger partial charge in [-0.1, -0.05) is 6.07 Å². The van der Waals surface area contributed by atoms with E-state index in [4.69, 9.17) is 5.73 Å². The van der Waals surface area contributed by atoms with Crippen molar-refractivity contribution in [3.8, 4) is 0 Å². The first-order valence-electron chi connectivity index (χ1n) is 8.21. The van der Waals surface area contributed by atoms with E-state index in [9.17, 15) is 17.6 Å². The van der Waals surface area contributed by atoms with E-state index in [-0.39, 0.29) is 28.9 Å². The molecule has 6 nitrogen and oxygen atoms in total. The molecule has 0 aliphatic rings. The van der Waals surface area contributed by atoms with Crippen molar-refractivity contribution >= 4 is 34.0 Å². The Morgan fingerprint density at radius 2 is 1.78 bits per heavy atom. The van der Waals surface area contributed by atoms with Gasteiger partial charge < -0.3 is 11.1 Å². The standard InChI is InChI=1S/C18H22FN3O3S.ClH/c1-13-4-9-16(12-17(13)18(23)21-11-3-2-10-20)26(24,25)22-15-7-5-14(19)6-8-15;/h4-9,12,22H,2-3,10-11,20H2,1H3,(H,21,23);1H. The van der Waals surface area contributed by atoms with E-state index in [0.29, 0.717) is 24.2 Å². The number of halogens is 2. The number of carbonyl (C=O) groups excluding carboxylic acids is 1. The molecule has 0 bridgehead atoms. The topological polar surface area (TPSA) is 101 Å². The number of anilines is 1. The summed E-state index contributed by atoms with van der Waals surface area (Å²) in [5.41, 5.74) is 6.61. The molecule has 0 saturated carbocycles. The molecule has 0 aliphatic carbocycles. The molecule has 0 aliphatic heterocycles. The van der Waals surface area contributed by atoms with Gasteiger partial charge in [0.1, 0.15) is 5.82 Å². The number of nitrogens with two attached hydrogens (primary N) is 1. The molecular weight excluding hydrogens is 393 g/mol. The number of nitrogens with one attached hydrogen (secondary N) is 2. The zero-order valence-electron chi connectivity index (χ0n) is 14.9. The zero-order chi connectivity index (χ0) is 19.2. The second kappa shape index (κ2) is 10.2. The second-order valence-corrected chi connectivity index (χ2v) is 7.52. The van der Waals surface area contributed by atoms with Crippen molar-refractivity contribution in [3.63, 3.8) is 0 Å². The first kappa shape index (κ1) is 22.9. The van der Waals surface area contributed by atoms with Gasteiger partial charge in [-0.3, -0.25) is 9.52 Å². The molecule has 0 spiro atoms. The minimum absolute atomic E-state index is 0. The molecule has 2 rings (SSSR count). The zero-order valence-corrected chi connectivity index (χ0v) is 16.5. The molecule has 148 valence electrons. The molecule has 0 atom stereocenters. The van der Waals surface area contributed by atoms with Gasteiger partial charge in [0.25, 0.3) is 15.9 Å². The Labute approximate surface area is 164 Å². The fourth-order valence-electron chi connectivity index (χ4n) is 2.31. The van der Waals surface area contributed by atoms with Gasteiger partial charge in [-0.25, -0.2) is 12.8 Å². The Morgan fingerprint density at radius 3 is 2.41 bits per heavy atom. The lowest BCUT2D eigenvalue weighted by Crippen LogP contribution is -2.26. The first-order chi connectivity index (χ1) is 12.3. The van der Waals surface area contributed by atoms with Crippen LogP contribution in [0.3, 0.4) is 0 Å². The normalized spacial score (nSPS) is 10.8. The smallest absolute Gasteiger partial charge is 0.261 e. The van der Waals surface area contributed by atoms with Crippen molar-refractivity contribution in [1.29, 1.82) is 0 Å². The summed E-state index contributed by atoms with van der Waals surface area (Å²) in [6, 6.07) is 9.30. The lowest BCUT2D eigenvalue weighted by Gasteiger charge is -2.12. The largest absolute Gasteiger partial charge is 0.352 e. The van der Waals surface area contributed by atoms with Crippen LogP contribution in [0.4, 0.5) is 10.1 Å². The van der Waals surface area contributed by atoms with Crippen molar-refractivity contribution in [3.05, 3.63) is 59.4 Å². The number of sulfonamides is 1. The van der Waals surface area contributed by atoms with Gasteiger partial charge in [-0.05, 0) is 68.3 Å². The van der Waals surface area contributed by atoms with E-state index in [1.165, 1.54) is 24.3 Å². The molecule has 0 fully saturated rings. The van der Waals surface area contributed by atoms with Crippen LogP contribution in [0, 0.1) is 12.7 Å². The first-order valence-corrected chi connectivity index (χ1v) is 9.69. The van der Waals surface area contributed by atoms with Gasteiger partial charge in [0.2, 0.25) is 0 Å². The summed E-state index contributed by atoms with van der Waals surface area (Å²) in [5, 5.41) is 2.76. The molecule has 4 N–H and O–H groups in total. The minimum Gasteiger partial charge on any atom is -0.352 e. The van der Waals surface area contributed by atoms with E-state index in [2.05, 4.69) is 10.0 Å². The Balaban J connectivity index is 0.00000364. The number of unbranched alkanes of at least 4 members (excludes halogenated alkanes) is 1. The van der Waals surface area contributed by atoms with E-state index >= 15 is 0 Å². The summed E-state index contributed by atoms with van der Waals surface area (Å²) in [7, 11) is -3.90. The molecule has 9 heteroatoms. The number of benzene rings is 2. The molecular formula is C18H23ClFN3O3S. The molecule has 0 radical (unpaired) electrons. The minimum atomic E-state index is -3.90. The van der Waals surface area contributed by atoms with E-state index < -0.39 is 15.8 Å². The maximum absolute atomic E-state index is 13.0. The average Bonchev–Trinajstić information content (AvgIpc) is 2.60. The van der Waals surface area contributed by atoms with E-state index in [0.717, 1.165) is 25.0 Å². The number of amides is 1. The average molecular weight is 416 g/mol. The highest BCUT2D eigenvalue weighted by Gasteiger charge is 2.18. The Bertz CT molecular complexity index is 874. The summed E-state index contributed by atoms with van der Waals surface area (Å²) >= 11 is 0. The maximum atomic E-state index is 13.0. The van der Waals surface area contributed by atoms with Crippen molar-refractivity contribution in [2.24, 2.45) is 5.73 Å². The molecule has 27 heavy (non-hydrogen) atoms. The van der Waals surface area contributed by atoms with Gasteiger partial charge in [-0.2, -0.15) is 0 Å². The van der Waals surface area contributed by atoms with Gasteiger partial charge in [0.15, 0.2) is 0 Å². The Kier molecular flexibility index (Phi) is 8.68. The molecule has 1 amide bonds. The van der Waals surface area contributed by atoms with Crippen molar-refractivity contribution in [1.82, 2.24) is 5.32 Å². The molecule has 0 unspecified atom stereocenters. The number of hydrogen-bond acceptors (Lipinski definition) is 4. The van der Waals surface area contributed by atoms with Gasteiger partial charge >= 0.3 is 0 Å². The second-order valence-electron chi connectivity index (χ2n) is 5.84. The highest BCUT2D eigenvalue weighted by Crippen LogP contribution is 2.19. The highest BCUT2D eigenvalue weighted by atomic mass is 35.5. The van der Waals surface area contributed by atoms with Gasteiger partial charge in [0.05, 0.1) is 4.90 Å². The number of carbonyl (C=O) groups is 1. The van der Waals surface area contributed by atoms with Crippen LogP contribution >= 0.6 is 12.4 Å². The van der Waals surface area contributed by atoms with Crippen LogP contribution in [0.2, 0.25) is 0 Å². The molecule has 2 aromatic carbocycles. The molecule has 0 aromatic heterocycles. The van der Waals surface area contributed by atoms with Crippen molar-refractivity contribution in [2.45, 2.75) is 24.7 Å². The molecule has 0 saturated heterocycles. The van der Waals surface area contributed by atoms with Gasteiger partial charge in [-0.15, -0.1) is 12.4 Å². The fourth-order valence-corrected chi connectivity index (χ4v) is 3.40. The van der Waals surface area contributed by atoms with Crippen LogP contribution in [0.1, 0.15) is 28.8 Å². The third-order valence-corrected chi connectivity index (χ3v) is 5.16. The fraction of sp³-hybridized carbons (Fsp3) is 0.278. The predicted octanol–water partition coefficient (Wildman–Crippen LogP) is 2.83. The number of aryl methyl sites for hydroxylation is 1. The van der Waals surface area contributed by atoms with Crippen LogP contribution in [-0.2, 0) is 10.0 Å². The van der Waals surface area contributed by atoms with Crippen LogP contribution in [0.25, 0.3) is 0 Å². The van der Waals surface area contributed by atoms with Crippen LogP contribution in [-0.4, -0.2) is 27.4 Å². The summed E-state index contributed by atoms with van der Waals surface area (Å²) in [5.74, 6) is -0.796. The number of hydrogen-bond donors (Lipinski definition) is 3. The summed E-state index contributed by atoms with van der Waals surface area (Å²) < 4.78 is 40.4. The lowest BCUT2D eigenvalue weighted by molar-refractivity contribution is 0.0952. The van der Waals surface area contributed by atoms with E-state index in [1.54, 1.807) is 13.0 Å². The maximum Gasteiger partial charge on any atom is 0.261 e. The molecule has 0 heterocycles. The lowest BCUT2D eigenvalue weighted by atomic mass is 10.1. The van der Waals surface area contributed by atoms with Crippen LogP contribution < -0.4 is 15.8 Å². The van der Waals surface area contributed by atoms with Crippen molar-refractivity contribution < 1.29 is 17.6 Å². The highest BCUT2D eigenvalue weighted by molar-refractivity contribution is 7.92. The number of rotatable bonds is 8. The Morgan fingerprint density at radius 1 is 1.11 bits per heavy atom. The third-order valence-electron chi connectivity index (χ3n) is 3.78. The van der Waals surface area contributed by atoms with Crippen LogP contribution in [0.15, 0.2) is 47.4 Å². The summed E-state index contributed by atoms with van der Waals surface area (Å²) in [6.07, 6.45) is 1.56. The monoisotopic (exact) mass is 415 g/mol. The van der Waals surface area contributed by atoms with Crippen LogP contribution in [0.5, 0.6) is 0 Å². The quantitative estimate of drug-likeness (QED) is 0.577. The summed E-state index contributed by atoms with van der Waals surface area (Å²) in [4.78, 5) is 12.3. The SMILES string of the molecule is Cc1ccc(S(=O)(=O)Nc2ccc(F)cc2)cc1C(=O)NCCCCN.Cl. The van der Waals surface area contributed by atoms with E-state index in [1.807, 2.05) is 0 Å². The Hall–Kier alpha value is -2.16. The predicted molar refractivity (Wildman–Crippen MR) is 106 cm³/mol.